The van der Waals surface area contributed by atoms with Crippen molar-refractivity contribution in [2.24, 2.45) is 29.1 Å². The molecule has 1 heteroatoms. The molecule has 0 radical (unpaired) electrons. The topological polar surface area (TPSA) is 0 Å². The molecule has 2 aliphatic rings. The summed E-state index contributed by atoms with van der Waals surface area (Å²) in [5.74, 6) is 3.76. The minimum Gasteiger partial charge on any atom is -0.0887 e. The van der Waals surface area contributed by atoms with Crippen molar-refractivity contribution in [1.29, 1.82) is 0 Å². The molecule has 0 N–H and O–H groups in total. The van der Waals surface area contributed by atoms with E-state index in [4.69, 9.17) is 0 Å². The third-order valence-electron chi connectivity index (χ3n) is 6.06. The Morgan fingerprint density at radius 2 is 1.39 bits per heavy atom. The summed E-state index contributed by atoms with van der Waals surface area (Å²) in [6, 6.07) is 0. The van der Waals surface area contributed by atoms with Crippen LogP contribution in [0, 0.1) is 29.1 Å². The van der Waals surface area contributed by atoms with Gasteiger partial charge in [0, 0.05) is 4.83 Å². The van der Waals surface area contributed by atoms with E-state index < -0.39 is 0 Å². The van der Waals surface area contributed by atoms with Crippen LogP contribution in [0.3, 0.4) is 0 Å². The standard InChI is InChI=1S/C17H31Br/c1-12-5-8-14(9-6-12)17(3,4)15-10-7-13(2)11-16(15)18/h12-16H,5-11H2,1-4H3. The minimum absolute atomic E-state index is 0.536. The minimum atomic E-state index is 0.536. The average Bonchev–Trinajstić information content (AvgIpc) is 2.29. The lowest BCUT2D eigenvalue weighted by atomic mass is 9.59. The second-order valence-electron chi connectivity index (χ2n) is 7.82. The van der Waals surface area contributed by atoms with Gasteiger partial charge in [-0.2, -0.15) is 0 Å². The van der Waals surface area contributed by atoms with E-state index in [-0.39, 0.29) is 0 Å². The van der Waals surface area contributed by atoms with Crippen LogP contribution < -0.4 is 0 Å². The molecule has 0 aromatic rings. The van der Waals surface area contributed by atoms with Crippen molar-refractivity contribution >= 4 is 15.9 Å². The van der Waals surface area contributed by atoms with Gasteiger partial charge >= 0.3 is 0 Å². The summed E-state index contributed by atoms with van der Waals surface area (Å²) < 4.78 is 0. The summed E-state index contributed by atoms with van der Waals surface area (Å²) in [7, 11) is 0. The molecule has 0 amide bonds. The molecule has 0 spiro atoms. The van der Waals surface area contributed by atoms with E-state index in [0.717, 1.165) is 28.5 Å². The lowest BCUT2D eigenvalue weighted by molar-refractivity contribution is 0.0475. The number of rotatable bonds is 2. The summed E-state index contributed by atoms with van der Waals surface area (Å²) in [6.45, 7) is 9.96. The van der Waals surface area contributed by atoms with Crippen molar-refractivity contribution < 1.29 is 0 Å². The number of halogens is 1. The summed E-state index contributed by atoms with van der Waals surface area (Å²) >= 11 is 4.01. The Morgan fingerprint density at radius 1 is 0.833 bits per heavy atom. The molecule has 0 aromatic heterocycles. The zero-order valence-electron chi connectivity index (χ0n) is 12.7. The van der Waals surface area contributed by atoms with Crippen LogP contribution in [0.4, 0.5) is 0 Å². The van der Waals surface area contributed by atoms with Gasteiger partial charge in [-0.3, -0.25) is 0 Å². The molecule has 2 saturated carbocycles. The van der Waals surface area contributed by atoms with E-state index in [9.17, 15) is 0 Å². The molecule has 0 nitrogen and oxygen atoms in total. The zero-order chi connectivity index (χ0) is 13.3. The Bertz CT molecular complexity index is 263. The number of hydrogen-bond donors (Lipinski definition) is 0. The van der Waals surface area contributed by atoms with Gasteiger partial charge in [0.15, 0.2) is 0 Å². The Labute approximate surface area is 122 Å². The van der Waals surface area contributed by atoms with Gasteiger partial charge in [0.1, 0.15) is 0 Å². The predicted molar refractivity (Wildman–Crippen MR) is 84.1 cm³/mol. The van der Waals surface area contributed by atoms with Gasteiger partial charge in [0.2, 0.25) is 0 Å². The molecule has 3 unspecified atom stereocenters. The lowest BCUT2D eigenvalue weighted by Gasteiger charge is -2.48. The third kappa shape index (κ3) is 3.14. The predicted octanol–water partition coefficient (Wildman–Crippen LogP) is 6.04. The van der Waals surface area contributed by atoms with Crippen LogP contribution in [-0.4, -0.2) is 4.83 Å². The highest BCUT2D eigenvalue weighted by atomic mass is 79.9. The van der Waals surface area contributed by atoms with Crippen LogP contribution in [0.25, 0.3) is 0 Å². The van der Waals surface area contributed by atoms with Crippen LogP contribution in [0.5, 0.6) is 0 Å². The molecule has 0 aliphatic heterocycles. The first-order valence-corrected chi connectivity index (χ1v) is 8.97. The fourth-order valence-electron chi connectivity index (χ4n) is 4.46. The largest absolute Gasteiger partial charge is 0.0887 e. The maximum atomic E-state index is 4.01. The second-order valence-corrected chi connectivity index (χ2v) is 9.00. The van der Waals surface area contributed by atoms with Gasteiger partial charge in [-0.25, -0.2) is 0 Å². The molecular weight excluding hydrogens is 284 g/mol. The molecule has 2 aliphatic carbocycles. The number of hydrogen-bond acceptors (Lipinski definition) is 0. The number of alkyl halides is 1. The SMILES string of the molecule is CC1CCC(C(C)(C)C2CCC(C)CC2Br)CC1. The molecule has 18 heavy (non-hydrogen) atoms. The van der Waals surface area contributed by atoms with E-state index in [1.54, 1.807) is 0 Å². The first-order chi connectivity index (χ1) is 8.41. The average molecular weight is 315 g/mol. The Hall–Kier alpha value is 0.480. The molecule has 0 saturated heterocycles. The fourth-order valence-corrected chi connectivity index (χ4v) is 6.04. The van der Waals surface area contributed by atoms with E-state index in [2.05, 4.69) is 43.6 Å². The quantitative estimate of drug-likeness (QED) is 0.545. The highest BCUT2D eigenvalue weighted by Crippen LogP contribution is 2.51. The van der Waals surface area contributed by atoms with Crippen LogP contribution >= 0.6 is 15.9 Å². The highest BCUT2D eigenvalue weighted by Gasteiger charge is 2.43. The van der Waals surface area contributed by atoms with Gasteiger partial charge in [0.05, 0.1) is 0 Å². The van der Waals surface area contributed by atoms with Crippen LogP contribution in [0.15, 0.2) is 0 Å². The highest BCUT2D eigenvalue weighted by molar-refractivity contribution is 9.09. The van der Waals surface area contributed by atoms with Crippen molar-refractivity contribution in [2.45, 2.75) is 77.5 Å². The second kappa shape index (κ2) is 5.85. The van der Waals surface area contributed by atoms with Crippen molar-refractivity contribution in [3.05, 3.63) is 0 Å². The molecule has 0 bridgehead atoms. The maximum absolute atomic E-state index is 4.01. The molecule has 106 valence electrons. The normalized spacial score (nSPS) is 42.8. The molecule has 2 rings (SSSR count). The van der Waals surface area contributed by atoms with E-state index in [1.807, 2.05) is 0 Å². The maximum Gasteiger partial charge on any atom is 0.0181 e. The van der Waals surface area contributed by atoms with Crippen molar-refractivity contribution in [3.63, 3.8) is 0 Å². The van der Waals surface area contributed by atoms with E-state index in [0.29, 0.717) is 5.41 Å². The van der Waals surface area contributed by atoms with Crippen LogP contribution in [0.2, 0.25) is 0 Å². The first-order valence-electron chi connectivity index (χ1n) is 8.05. The fraction of sp³-hybridized carbons (Fsp3) is 1.00. The summed E-state index contributed by atoms with van der Waals surface area (Å²) in [5.41, 5.74) is 0.536. The van der Waals surface area contributed by atoms with Crippen LogP contribution in [-0.2, 0) is 0 Å². The smallest absolute Gasteiger partial charge is 0.0181 e. The van der Waals surface area contributed by atoms with Crippen LogP contribution in [0.1, 0.15) is 72.6 Å². The monoisotopic (exact) mass is 314 g/mol. The van der Waals surface area contributed by atoms with Crippen molar-refractivity contribution in [2.75, 3.05) is 0 Å². The first kappa shape index (κ1) is 14.9. The van der Waals surface area contributed by atoms with Gasteiger partial charge in [0.25, 0.3) is 0 Å². The zero-order valence-corrected chi connectivity index (χ0v) is 14.3. The van der Waals surface area contributed by atoms with Crippen molar-refractivity contribution in [3.8, 4) is 0 Å². The summed E-state index contributed by atoms with van der Waals surface area (Å²) in [4.78, 5) is 0.760. The summed E-state index contributed by atoms with van der Waals surface area (Å²) in [6.07, 6.45) is 10.1. The van der Waals surface area contributed by atoms with Crippen molar-refractivity contribution in [1.82, 2.24) is 0 Å². The Morgan fingerprint density at radius 3 is 1.94 bits per heavy atom. The molecule has 2 fully saturated rings. The van der Waals surface area contributed by atoms with E-state index in [1.165, 1.54) is 44.9 Å². The molecule has 3 atom stereocenters. The van der Waals surface area contributed by atoms with Gasteiger partial charge in [-0.15, -0.1) is 0 Å². The van der Waals surface area contributed by atoms with E-state index >= 15 is 0 Å². The van der Waals surface area contributed by atoms with Gasteiger partial charge < -0.3 is 0 Å². The van der Waals surface area contributed by atoms with Gasteiger partial charge in [-0.1, -0.05) is 62.9 Å². The summed E-state index contributed by atoms with van der Waals surface area (Å²) in [5, 5.41) is 0. The lowest BCUT2D eigenvalue weighted by Crippen LogP contribution is -2.41. The Balaban J connectivity index is 2.01. The molecule has 0 aromatic carbocycles. The van der Waals surface area contributed by atoms with Gasteiger partial charge in [-0.05, 0) is 54.8 Å². The third-order valence-corrected chi connectivity index (χ3v) is 7.07. The Kier molecular flexibility index (Phi) is 4.84. The molecular formula is C17H31Br. The molecule has 0 heterocycles.